The minimum Gasteiger partial charge on any atom is -0.504 e. The van der Waals surface area contributed by atoms with Gasteiger partial charge in [0.1, 0.15) is 6.04 Å². The number of phenols is 1. The number of hydrogen-bond donors (Lipinski definition) is 7. The summed E-state index contributed by atoms with van der Waals surface area (Å²) in [6, 6.07) is 7.82. The molecule has 1 saturated heterocycles. The number of hydrogen-bond acceptors (Lipinski definition) is 7. The van der Waals surface area contributed by atoms with Crippen LogP contribution in [0.2, 0.25) is 0 Å². The van der Waals surface area contributed by atoms with Crippen LogP contribution in [0.4, 0.5) is 0 Å². The van der Waals surface area contributed by atoms with Crippen LogP contribution in [0.3, 0.4) is 0 Å². The molecule has 8 rings (SSSR count). The van der Waals surface area contributed by atoms with Gasteiger partial charge in [0.05, 0.1) is 27.8 Å². The van der Waals surface area contributed by atoms with E-state index in [0.717, 1.165) is 40.9 Å². The fraction of sp³-hybridized carbons (Fsp3) is 0.485. The summed E-state index contributed by atoms with van der Waals surface area (Å²) in [5.74, 6) is -0.558. The number of benzene rings is 2. The first-order valence-corrected chi connectivity index (χ1v) is 15.8. The lowest BCUT2D eigenvalue weighted by Gasteiger charge is -2.62. The fourth-order valence-corrected chi connectivity index (χ4v) is 8.83. The molecular weight excluding hydrogens is 576 g/mol. The number of aromatic hydroxyl groups is 1. The Hall–Kier alpha value is -4.29. The molecular formula is C33H38N6O6. The molecule has 3 aromatic rings. The van der Waals surface area contributed by atoms with E-state index in [0.29, 0.717) is 48.4 Å². The van der Waals surface area contributed by atoms with Crippen molar-refractivity contribution in [2.24, 2.45) is 22.4 Å². The molecule has 3 heterocycles. The van der Waals surface area contributed by atoms with Crippen LogP contribution in [0.25, 0.3) is 10.9 Å². The number of carbonyl (C=O) groups is 2. The zero-order valence-electron chi connectivity index (χ0n) is 24.9. The first kappa shape index (κ1) is 28.2. The van der Waals surface area contributed by atoms with Crippen LogP contribution in [0.15, 0.2) is 35.3 Å². The number of nitrogens with two attached hydrogens (primary N) is 2. The fourth-order valence-electron chi connectivity index (χ4n) is 8.83. The lowest BCUT2D eigenvalue weighted by Crippen LogP contribution is -2.74. The number of aromatic amines is 1. The summed E-state index contributed by atoms with van der Waals surface area (Å²) in [5.41, 5.74) is 13.4. The number of H-pyrrole nitrogens is 1. The van der Waals surface area contributed by atoms with E-state index in [1.165, 1.54) is 12.8 Å². The number of piperidine rings is 1. The maximum atomic E-state index is 13.6. The third kappa shape index (κ3) is 4.01. The Morgan fingerprint density at radius 2 is 2.04 bits per heavy atom. The number of rotatable bonds is 9. The molecule has 0 radical (unpaired) electrons. The van der Waals surface area contributed by atoms with E-state index in [1.807, 2.05) is 12.1 Å². The van der Waals surface area contributed by atoms with Crippen molar-refractivity contribution >= 4 is 28.7 Å². The van der Waals surface area contributed by atoms with Crippen LogP contribution in [0.1, 0.15) is 71.0 Å². The summed E-state index contributed by atoms with van der Waals surface area (Å²) in [7, 11) is 0. The zero-order chi connectivity index (χ0) is 31.2. The molecule has 2 fully saturated rings. The van der Waals surface area contributed by atoms with Gasteiger partial charge in [0, 0.05) is 36.5 Å². The molecule has 236 valence electrons. The van der Waals surface area contributed by atoms with Gasteiger partial charge in [-0.3, -0.25) is 14.7 Å². The Morgan fingerprint density at radius 1 is 1.22 bits per heavy atom. The van der Waals surface area contributed by atoms with Crippen LogP contribution >= 0.6 is 0 Å². The van der Waals surface area contributed by atoms with Gasteiger partial charge in [-0.15, -0.1) is 0 Å². The number of likely N-dealkylation sites (tertiary alicyclic amines) is 1. The summed E-state index contributed by atoms with van der Waals surface area (Å²) in [5, 5.41) is 37.3. The Bertz CT molecular complexity index is 1780. The van der Waals surface area contributed by atoms with E-state index >= 15 is 0 Å². The van der Waals surface area contributed by atoms with Gasteiger partial charge in [0.25, 0.3) is 5.91 Å². The summed E-state index contributed by atoms with van der Waals surface area (Å²) < 4.78 is 6.66. The van der Waals surface area contributed by atoms with Gasteiger partial charge in [-0.2, -0.15) is 0 Å². The van der Waals surface area contributed by atoms with Crippen molar-refractivity contribution in [3.05, 3.63) is 58.3 Å². The van der Waals surface area contributed by atoms with Crippen molar-refractivity contribution in [2.45, 2.75) is 74.1 Å². The van der Waals surface area contributed by atoms with Crippen LogP contribution in [-0.2, 0) is 23.1 Å². The third-order valence-electron chi connectivity index (χ3n) is 11.0. The summed E-state index contributed by atoms with van der Waals surface area (Å²) in [6.07, 6.45) is 4.14. The standard InChI is InChI=1S/C33H38N6O6/c34-31(35)36-11-2-5-21(30(42)43)37-29(41)19-4-1-3-18-20-14-33(44)23-13-17-8-9-22(40)27-24(17)32(33,10-12-39(23)15-16-6-7-16)28(45-27)26(20)38-25(18)19/h1,3-4,8-9,16,21,23,28,38,40,44H,2,5-7,10-15H2,(H,37,41)(H,42,43)(H4,34,35,36)/t21-,23-,28-,32+,33-/m1/s1. The number of nitrogens with one attached hydrogen (secondary N) is 2. The number of nitrogens with zero attached hydrogens (tertiary/aromatic N) is 2. The van der Waals surface area contributed by atoms with E-state index < -0.39 is 35.0 Å². The highest BCUT2D eigenvalue weighted by atomic mass is 16.5. The zero-order valence-corrected chi connectivity index (χ0v) is 24.9. The molecule has 45 heavy (non-hydrogen) atoms. The summed E-state index contributed by atoms with van der Waals surface area (Å²) in [6.45, 7) is 2.06. The number of aliphatic carboxylic acids is 1. The minimum atomic E-state index is -1.15. The van der Waals surface area contributed by atoms with E-state index in [2.05, 4.69) is 20.2 Å². The molecule has 12 heteroatoms. The number of ether oxygens (including phenoxy) is 1. The second kappa shape index (κ2) is 9.85. The molecule has 2 aliphatic heterocycles. The Kier molecular flexibility index (Phi) is 6.18. The van der Waals surface area contributed by atoms with Gasteiger partial charge in [0.2, 0.25) is 0 Å². The Labute approximate surface area is 259 Å². The van der Waals surface area contributed by atoms with Crippen LogP contribution in [0.5, 0.6) is 11.5 Å². The van der Waals surface area contributed by atoms with Gasteiger partial charge in [-0.25, -0.2) is 4.79 Å². The second-order valence-corrected chi connectivity index (χ2v) is 13.5. The number of fused-ring (bicyclic) bond motifs is 4. The van der Waals surface area contributed by atoms with Crippen molar-refractivity contribution in [1.82, 2.24) is 15.2 Å². The highest BCUT2D eigenvalue weighted by molar-refractivity contribution is 6.08. The monoisotopic (exact) mass is 614 g/mol. The quantitative estimate of drug-likeness (QED) is 0.107. The van der Waals surface area contributed by atoms with Crippen LogP contribution in [0, 0.1) is 5.92 Å². The van der Waals surface area contributed by atoms with E-state index in [1.54, 1.807) is 18.2 Å². The van der Waals surface area contributed by atoms with Gasteiger partial charge in [0.15, 0.2) is 23.6 Å². The van der Waals surface area contributed by atoms with Crippen LogP contribution < -0.4 is 21.5 Å². The number of carboxylic acid groups (broad SMARTS) is 1. The van der Waals surface area contributed by atoms with Crippen molar-refractivity contribution in [2.75, 3.05) is 19.6 Å². The molecule has 5 atom stereocenters. The molecule has 1 amide bonds. The molecule has 12 nitrogen and oxygen atoms in total. The number of carboxylic acids is 1. The topological polar surface area (TPSA) is 200 Å². The molecule has 0 unspecified atom stereocenters. The predicted molar refractivity (Wildman–Crippen MR) is 165 cm³/mol. The molecule has 3 aliphatic carbocycles. The number of guanidine groups is 1. The van der Waals surface area contributed by atoms with E-state index in [4.69, 9.17) is 16.2 Å². The van der Waals surface area contributed by atoms with E-state index in [9.17, 15) is 24.9 Å². The second-order valence-electron chi connectivity index (χ2n) is 13.5. The normalized spacial score (nSPS) is 28.1. The van der Waals surface area contributed by atoms with Crippen molar-refractivity contribution in [3.8, 4) is 11.5 Å². The van der Waals surface area contributed by atoms with Gasteiger partial charge in [-0.05, 0) is 74.2 Å². The Balaban J connectivity index is 1.20. The minimum absolute atomic E-state index is 0.0658. The number of aliphatic hydroxyl groups is 1. The molecule has 2 bridgehead atoms. The summed E-state index contributed by atoms with van der Waals surface area (Å²) in [4.78, 5) is 35.5. The average molecular weight is 615 g/mol. The lowest BCUT2D eigenvalue weighted by atomic mass is 9.49. The number of aliphatic imine (C=N–C) groups is 1. The Morgan fingerprint density at radius 3 is 2.80 bits per heavy atom. The van der Waals surface area contributed by atoms with Crippen molar-refractivity contribution in [3.63, 3.8) is 0 Å². The van der Waals surface area contributed by atoms with Crippen LogP contribution in [-0.4, -0.2) is 80.4 Å². The molecule has 9 N–H and O–H groups in total. The third-order valence-corrected chi connectivity index (χ3v) is 11.0. The SMILES string of the molecule is NC(N)=NCCC[C@@H](NC(=O)c1cccc2c3c([nH]c12)[C@H]1Oc2c(O)ccc4c2[C@@]12CCN(CC1CC1)[C@H](C4)[C@]2(O)C3)C(=O)O. The number of phenolic OH excluding ortho intramolecular Hbond substituents is 1. The molecule has 2 aromatic carbocycles. The number of amides is 1. The van der Waals surface area contributed by atoms with E-state index in [-0.39, 0.29) is 30.7 Å². The molecule has 1 aromatic heterocycles. The van der Waals surface area contributed by atoms with Crippen molar-refractivity contribution in [1.29, 1.82) is 0 Å². The maximum absolute atomic E-state index is 13.6. The smallest absolute Gasteiger partial charge is 0.326 e. The highest BCUT2D eigenvalue weighted by Gasteiger charge is 2.73. The maximum Gasteiger partial charge on any atom is 0.326 e. The van der Waals surface area contributed by atoms with Gasteiger partial charge in [-0.1, -0.05) is 18.2 Å². The largest absolute Gasteiger partial charge is 0.504 e. The molecule has 5 aliphatic rings. The lowest BCUT2D eigenvalue weighted by molar-refractivity contribution is -0.173. The number of para-hydroxylation sites is 1. The molecule has 1 saturated carbocycles. The summed E-state index contributed by atoms with van der Waals surface area (Å²) >= 11 is 0. The number of aromatic nitrogens is 1. The van der Waals surface area contributed by atoms with Crippen molar-refractivity contribution < 1.29 is 29.6 Å². The molecule has 1 spiro atoms. The first-order chi connectivity index (χ1) is 21.6. The van der Waals surface area contributed by atoms with Gasteiger partial charge >= 0.3 is 5.97 Å². The van der Waals surface area contributed by atoms with Gasteiger partial charge < -0.3 is 41.8 Å². The number of carbonyl (C=O) groups excluding carboxylic acids is 1. The highest BCUT2D eigenvalue weighted by Crippen LogP contribution is 2.69. The average Bonchev–Trinajstić information content (AvgIpc) is 3.64. The predicted octanol–water partition coefficient (Wildman–Crippen LogP) is 1.81. The first-order valence-electron chi connectivity index (χ1n) is 15.8.